The number of amides is 3. The number of carbonyl (C=O) groups is 3. The van der Waals surface area contributed by atoms with E-state index in [1.165, 1.54) is 4.90 Å². The Labute approximate surface area is 115 Å². The third-order valence-electron chi connectivity index (χ3n) is 3.23. The molecule has 1 aliphatic rings. The Bertz CT molecular complexity index is 708. The van der Waals surface area contributed by atoms with Crippen LogP contribution in [0.3, 0.4) is 0 Å². The summed E-state index contributed by atoms with van der Waals surface area (Å²) in [4.78, 5) is 36.2. The predicted octanol–water partition coefficient (Wildman–Crippen LogP) is 0.938. The lowest BCUT2D eigenvalue weighted by atomic mass is 10.1. The second kappa shape index (κ2) is 4.77. The molecule has 1 aliphatic heterocycles. The Hall–Kier alpha value is -2.69. The Morgan fingerprint density at radius 3 is 2.30 bits per heavy atom. The van der Waals surface area contributed by atoms with E-state index < -0.39 is 11.8 Å². The molecule has 5 heteroatoms. The minimum atomic E-state index is -0.449. The SMILES string of the molecule is O=C1CN(C(=O)c2ccc3ccccc3c2)CC(=O)N1. The summed E-state index contributed by atoms with van der Waals surface area (Å²) >= 11 is 0. The van der Waals surface area contributed by atoms with Crippen LogP contribution >= 0.6 is 0 Å². The number of piperazine rings is 1. The van der Waals surface area contributed by atoms with Crippen molar-refractivity contribution in [2.24, 2.45) is 0 Å². The van der Waals surface area contributed by atoms with Crippen molar-refractivity contribution >= 4 is 28.5 Å². The van der Waals surface area contributed by atoms with Gasteiger partial charge in [0, 0.05) is 5.56 Å². The van der Waals surface area contributed by atoms with E-state index in [2.05, 4.69) is 5.32 Å². The van der Waals surface area contributed by atoms with Crippen LogP contribution in [0.15, 0.2) is 42.5 Å². The number of rotatable bonds is 1. The van der Waals surface area contributed by atoms with E-state index in [0.717, 1.165) is 10.8 Å². The zero-order valence-electron chi connectivity index (χ0n) is 10.6. The van der Waals surface area contributed by atoms with E-state index >= 15 is 0 Å². The molecule has 3 amide bonds. The molecule has 0 bridgehead atoms. The van der Waals surface area contributed by atoms with Gasteiger partial charge in [-0.25, -0.2) is 0 Å². The van der Waals surface area contributed by atoms with E-state index in [-0.39, 0.29) is 19.0 Å². The second-order valence-electron chi connectivity index (χ2n) is 4.69. The average molecular weight is 268 g/mol. The van der Waals surface area contributed by atoms with E-state index in [1.807, 2.05) is 30.3 Å². The number of fused-ring (bicyclic) bond motifs is 1. The highest BCUT2D eigenvalue weighted by Crippen LogP contribution is 2.17. The minimum Gasteiger partial charge on any atom is -0.320 e. The van der Waals surface area contributed by atoms with E-state index in [9.17, 15) is 14.4 Å². The molecule has 1 heterocycles. The highest BCUT2D eigenvalue weighted by Gasteiger charge is 2.27. The molecule has 0 atom stereocenters. The van der Waals surface area contributed by atoms with E-state index in [4.69, 9.17) is 0 Å². The average Bonchev–Trinajstić information content (AvgIpc) is 2.45. The predicted molar refractivity (Wildman–Crippen MR) is 73.0 cm³/mol. The van der Waals surface area contributed by atoms with Gasteiger partial charge in [0.2, 0.25) is 11.8 Å². The molecule has 0 unspecified atom stereocenters. The van der Waals surface area contributed by atoms with Crippen LogP contribution in [0.2, 0.25) is 0 Å². The van der Waals surface area contributed by atoms with Crippen molar-refractivity contribution < 1.29 is 14.4 Å². The van der Waals surface area contributed by atoms with Gasteiger partial charge in [0.05, 0.1) is 0 Å². The van der Waals surface area contributed by atoms with Crippen molar-refractivity contribution in [3.8, 4) is 0 Å². The van der Waals surface area contributed by atoms with Gasteiger partial charge in [0.1, 0.15) is 13.1 Å². The molecule has 1 N–H and O–H groups in total. The van der Waals surface area contributed by atoms with Crippen LogP contribution in [0.25, 0.3) is 10.8 Å². The summed E-state index contributed by atoms with van der Waals surface area (Å²) < 4.78 is 0. The van der Waals surface area contributed by atoms with Gasteiger partial charge < -0.3 is 4.90 Å². The summed E-state index contributed by atoms with van der Waals surface area (Å²) in [6.07, 6.45) is 0. The van der Waals surface area contributed by atoms with Crippen molar-refractivity contribution in [1.82, 2.24) is 10.2 Å². The molecule has 100 valence electrons. The van der Waals surface area contributed by atoms with Crippen LogP contribution < -0.4 is 5.32 Å². The fourth-order valence-electron chi connectivity index (χ4n) is 2.29. The summed E-state index contributed by atoms with van der Waals surface area (Å²) in [6.45, 7) is -0.172. The highest BCUT2D eigenvalue weighted by atomic mass is 16.2. The lowest BCUT2D eigenvalue weighted by Gasteiger charge is -2.25. The van der Waals surface area contributed by atoms with Gasteiger partial charge in [-0.2, -0.15) is 0 Å². The largest absolute Gasteiger partial charge is 0.320 e. The Morgan fingerprint density at radius 2 is 1.60 bits per heavy atom. The first kappa shape index (κ1) is 12.3. The minimum absolute atomic E-state index is 0.0859. The summed E-state index contributed by atoms with van der Waals surface area (Å²) in [5, 5.41) is 4.16. The smallest absolute Gasteiger partial charge is 0.254 e. The summed E-state index contributed by atoms with van der Waals surface area (Å²) in [6, 6.07) is 13.0. The highest BCUT2D eigenvalue weighted by molar-refractivity contribution is 6.06. The molecule has 0 saturated carbocycles. The van der Waals surface area contributed by atoms with Gasteiger partial charge in [0.15, 0.2) is 0 Å². The first-order valence-corrected chi connectivity index (χ1v) is 6.24. The summed E-state index contributed by atoms with van der Waals surface area (Å²) in [7, 11) is 0. The van der Waals surface area contributed by atoms with Gasteiger partial charge in [0.25, 0.3) is 5.91 Å². The maximum absolute atomic E-state index is 12.3. The quantitative estimate of drug-likeness (QED) is 0.783. The molecule has 2 aromatic carbocycles. The molecule has 20 heavy (non-hydrogen) atoms. The third kappa shape index (κ3) is 2.25. The summed E-state index contributed by atoms with van der Waals surface area (Å²) in [5.74, 6) is -1.20. The zero-order chi connectivity index (χ0) is 14.1. The maximum atomic E-state index is 12.3. The van der Waals surface area contributed by atoms with Crippen LogP contribution in [-0.2, 0) is 9.59 Å². The van der Waals surface area contributed by atoms with Gasteiger partial charge in [-0.15, -0.1) is 0 Å². The number of nitrogens with zero attached hydrogens (tertiary/aromatic N) is 1. The lowest BCUT2D eigenvalue weighted by molar-refractivity contribution is -0.135. The molecule has 0 aliphatic carbocycles. The van der Waals surface area contributed by atoms with Gasteiger partial charge in [-0.05, 0) is 22.9 Å². The topological polar surface area (TPSA) is 66.5 Å². The van der Waals surface area contributed by atoms with Crippen molar-refractivity contribution in [2.45, 2.75) is 0 Å². The fourth-order valence-corrected chi connectivity index (χ4v) is 2.29. The third-order valence-corrected chi connectivity index (χ3v) is 3.23. The number of hydrogen-bond acceptors (Lipinski definition) is 3. The van der Waals surface area contributed by atoms with Crippen LogP contribution in [0.1, 0.15) is 10.4 Å². The Morgan fingerprint density at radius 1 is 0.950 bits per heavy atom. The molecule has 0 spiro atoms. The van der Waals surface area contributed by atoms with Crippen molar-refractivity contribution in [3.63, 3.8) is 0 Å². The van der Waals surface area contributed by atoms with Crippen molar-refractivity contribution in [1.29, 1.82) is 0 Å². The molecule has 1 fully saturated rings. The standard InChI is InChI=1S/C15H12N2O3/c18-13-8-17(9-14(19)16-13)15(20)12-6-5-10-3-1-2-4-11(10)7-12/h1-7H,8-9H2,(H,16,18,19). The zero-order valence-corrected chi connectivity index (χ0v) is 10.6. The van der Waals surface area contributed by atoms with Crippen LogP contribution in [0.4, 0.5) is 0 Å². The van der Waals surface area contributed by atoms with E-state index in [0.29, 0.717) is 5.56 Å². The van der Waals surface area contributed by atoms with Crippen molar-refractivity contribution in [2.75, 3.05) is 13.1 Å². The molecule has 0 aromatic heterocycles. The molecule has 3 rings (SSSR count). The fraction of sp³-hybridized carbons (Fsp3) is 0.133. The molecule has 0 radical (unpaired) electrons. The normalized spacial score (nSPS) is 15.3. The van der Waals surface area contributed by atoms with Crippen LogP contribution in [-0.4, -0.2) is 35.7 Å². The number of benzene rings is 2. The molecular weight excluding hydrogens is 256 g/mol. The number of nitrogens with one attached hydrogen (secondary N) is 1. The second-order valence-corrected chi connectivity index (χ2v) is 4.69. The van der Waals surface area contributed by atoms with Gasteiger partial charge in [-0.3, -0.25) is 19.7 Å². The van der Waals surface area contributed by atoms with Crippen LogP contribution in [0.5, 0.6) is 0 Å². The van der Waals surface area contributed by atoms with Crippen LogP contribution in [0, 0.1) is 0 Å². The van der Waals surface area contributed by atoms with Gasteiger partial charge in [-0.1, -0.05) is 30.3 Å². The molecule has 2 aromatic rings. The molecule has 1 saturated heterocycles. The van der Waals surface area contributed by atoms with Gasteiger partial charge >= 0.3 is 0 Å². The summed E-state index contributed by atoms with van der Waals surface area (Å²) in [5.41, 5.74) is 0.478. The molecule has 5 nitrogen and oxygen atoms in total. The first-order valence-electron chi connectivity index (χ1n) is 6.24. The number of carbonyl (C=O) groups excluding carboxylic acids is 3. The number of imide groups is 1. The number of hydrogen-bond donors (Lipinski definition) is 1. The Balaban J connectivity index is 1.92. The maximum Gasteiger partial charge on any atom is 0.254 e. The van der Waals surface area contributed by atoms with Crippen molar-refractivity contribution in [3.05, 3.63) is 48.0 Å². The lowest BCUT2D eigenvalue weighted by Crippen LogP contribution is -2.53. The van der Waals surface area contributed by atoms with E-state index in [1.54, 1.807) is 12.1 Å². The first-order chi connectivity index (χ1) is 9.63. The monoisotopic (exact) mass is 268 g/mol. The Kier molecular flexibility index (Phi) is 2.95. The molecular formula is C15H12N2O3.